The number of nitriles is 1. The zero-order valence-corrected chi connectivity index (χ0v) is 6.85. The molecule has 0 amide bonds. The molecule has 1 aromatic rings. The van der Waals surface area contributed by atoms with Crippen LogP contribution in [0.25, 0.3) is 6.08 Å². The van der Waals surface area contributed by atoms with E-state index in [1.54, 1.807) is 6.07 Å². The monoisotopic (exact) mass is 181 g/mol. The fourth-order valence-electron chi connectivity index (χ4n) is 0.750. The van der Waals surface area contributed by atoms with Crippen molar-refractivity contribution in [3.8, 4) is 6.07 Å². The third-order valence-electron chi connectivity index (χ3n) is 1.29. The minimum absolute atomic E-state index is 0.0871. The molecule has 12 heavy (non-hydrogen) atoms. The molecule has 0 radical (unpaired) electrons. The van der Waals surface area contributed by atoms with Gasteiger partial charge in [-0.2, -0.15) is 5.26 Å². The Kier molecular flexibility index (Phi) is 2.84. The predicted octanol–water partition coefficient (Wildman–Crippen LogP) is 3.02. The maximum absolute atomic E-state index is 12.8. The average molecular weight is 182 g/mol. The number of benzene rings is 1. The Morgan fingerprint density at radius 2 is 2.25 bits per heavy atom. The minimum atomic E-state index is -0.475. The third kappa shape index (κ3) is 2.08. The molecular weight excluding hydrogens is 177 g/mol. The first kappa shape index (κ1) is 8.76. The summed E-state index contributed by atoms with van der Waals surface area (Å²) in [6.45, 7) is 0. The molecule has 0 bridgehead atoms. The molecule has 1 rings (SSSR count). The van der Waals surface area contributed by atoms with Crippen LogP contribution in [0.3, 0.4) is 0 Å². The highest BCUT2D eigenvalue weighted by atomic mass is 35.5. The molecule has 3 heteroatoms. The van der Waals surface area contributed by atoms with Crippen molar-refractivity contribution in [1.29, 1.82) is 5.26 Å². The van der Waals surface area contributed by atoms with Gasteiger partial charge in [-0.15, -0.1) is 0 Å². The second kappa shape index (κ2) is 3.89. The van der Waals surface area contributed by atoms with Gasteiger partial charge in [-0.1, -0.05) is 17.7 Å². The fourth-order valence-corrected chi connectivity index (χ4v) is 0.867. The fraction of sp³-hybridized carbons (Fsp3) is 0. The van der Waals surface area contributed by atoms with Gasteiger partial charge in [0.1, 0.15) is 5.82 Å². The maximum Gasteiger partial charge on any atom is 0.142 e. The molecule has 0 saturated carbocycles. The molecule has 0 saturated heterocycles. The molecule has 0 aliphatic heterocycles. The molecule has 0 atom stereocenters. The molecule has 0 aromatic heterocycles. The topological polar surface area (TPSA) is 23.8 Å². The lowest BCUT2D eigenvalue weighted by atomic mass is 10.2. The van der Waals surface area contributed by atoms with E-state index in [1.165, 1.54) is 24.3 Å². The molecule has 0 aliphatic rings. The van der Waals surface area contributed by atoms with E-state index in [0.717, 1.165) is 0 Å². The van der Waals surface area contributed by atoms with E-state index in [1.807, 2.05) is 6.07 Å². The van der Waals surface area contributed by atoms with Crippen molar-refractivity contribution >= 4 is 17.7 Å². The molecule has 1 nitrogen and oxygen atoms in total. The van der Waals surface area contributed by atoms with Crippen molar-refractivity contribution in [2.45, 2.75) is 0 Å². The Morgan fingerprint density at radius 3 is 2.83 bits per heavy atom. The first-order valence-corrected chi connectivity index (χ1v) is 3.63. The van der Waals surface area contributed by atoms with Crippen LogP contribution in [0.4, 0.5) is 4.39 Å². The van der Waals surface area contributed by atoms with Crippen molar-refractivity contribution in [2.75, 3.05) is 0 Å². The summed E-state index contributed by atoms with van der Waals surface area (Å²) in [5.74, 6) is -0.475. The first-order valence-electron chi connectivity index (χ1n) is 3.25. The highest BCUT2D eigenvalue weighted by Gasteiger charge is 1.97. The van der Waals surface area contributed by atoms with E-state index >= 15 is 0 Å². The van der Waals surface area contributed by atoms with Crippen molar-refractivity contribution in [2.24, 2.45) is 0 Å². The molecule has 0 fully saturated rings. The van der Waals surface area contributed by atoms with Gasteiger partial charge in [-0.3, -0.25) is 0 Å². The van der Waals surface area contributed by atoms with Gasteiger partial charge in [0.25, 0.3) is 0 Å². The molecule has 60 valence electrons. The number of rotatable bonds is 1. The second-order valence-corrected chi connectivity index (χ2v) is 2.54. The van der Waals surface area contributed by atoms with Crippen LogP contribution in [0.5, 0.6) is 0 Å². The highest BCUT2D eigenvalue weighted by molar-refractivity contribution is 6.30. The normalized spacial score (nSPS) is 10.1. The van der Waals surface area contributed by atoms with E-state index in [2.05, 4.69) is 0 Å². The van der Waals surface area contributed by atoms with Crippen LogP contribution < -0.4 is 0 Å². The van der Waals surface area contributed by atoms with Crippen LogP contribution in [-0.4, -0.2) is 0 Å². The van der Waals surface area contributed by atoms with Crippen molar-refractivity contribution in [3.63, 3.8) is 0 Å². The Balaban J connectivity index is 2.99. The van der Waals surface area contributed by atoms with Gasteiger partial charge >= 0.3 is 0 Å². The summed E-state index contributed by atoms with van der Waals surface area (Å²) >= 11 is 5.45. The van der Waals surface area contributed by atoms with Crippen LogP contribution in [0, 0.1) is 17.1 Å². The maximum atomic E-state index is 12.8. The van der Waals surface area contributed by atoms with E-state index in [4.69, 9.17) is 16.9 Å². The Morgan fingerprint density at radius 1 is 1.50 bits per heavy atom. The van der Waals surface area contributed by atoms with E-state index in [0.29, 0.717) is 5.56 Å². The summed E-state index contributed by atoms with van der Waals surface area (Å²) in [5.41, 5.74) is 0.624. The number of nitrogens with zero attached hydrogens (tertiary/aromatic N) is 1. The Bertz CT molecular complexity index is 352. The summed E-state index contributed by atoms with van der Waals surface area (Å²) in [4.78, 5) is 0. The Labute approximate surface area is 74.7 Å². The molecule has 0 N–H and O–H groups in total. The number of hydrogen-bond acceptors (Lipinski definition) is 1. The molecule has 0 heterocycles. The number of halogens is 2. The van der Waals surface area contributed by atoms with E-state index in [-0.39, 0.29) is 5.02 Å². The summed E-state index contributed by atoms with van der Waals surface area (Å²) < 4.78 is 12.8. The summed E-state index contributed by atoms with van der Waals surface area (Å²) in [5, 5.41) is 8.28. The minimum Gasteiger partial charge on any atom is -0.205 e. The SMILES string of the molecule is N#C/C=C/c1ccc(Cl)c(F)c1. The summed E-state index contributed by atoms with van der Waals surface area (Å²) in [7, 11) is 0. The lowest BCUT2D eigenvalue weighted by Crippen LogP contribution is -1.77. The lowest BCUT2D eigenvalue weighted by molar-refractivity contribution is 0.628. The summed E-state index contributed by atoms with van der Waals surface area (Å²) in [6.07, 6.45) is 2.79. The van der Waals surface area contributed by atoms with Crippen molar-refractivity contribution in [1.82, 2.24) is 0 Å². The average Bonchev–Trinajstić information content (AvgIpc) is 2.07. The highest BCUT2D eigenvalue weighted by Crippen LogP contribution is 2.16. The molecule has 0 spiro atoms. The quantitative estimate of drug-likeness (QED) is 0.611. The molecule has 1 aromatic carbocycles. The third-order valence-corrected chi connectivity index (χ3v) is 1.60. The van der Waals surface area contributed by atoms with Gasteiger partial charge in [0.2, 0.25) is 0 Å². The van der Waals surface area contributed by atoms with Crippen molar-refractivity contribution in [3.05, 3.63) is 40.7 Å². The van der Waals surface area contributed by atoms with Gasteiger partial charge in [-0.25, -0.2) is 4.39 Å². The first-order chi connectivity index (χ1) is 5.74. The molecule has 0 aliphatic carbocycles. The van der Waals surface area contributed by atoms with E-state index in [9.17, 15) is 4.39 Å². The van der Waals surface area contributed by atoms with Gasteiger partial charge in [0, 0.05) is 6.08 Å². The number of hydrogen-bond donors (Lipinski definition) is 0. The largest absolute Gasteiger partial charge is 0.205 e. The van der Waals surface area contributed by atoms with Crippen LogP contribution in [0.15, 0.2) is 24.3 Å². The lowest BCUT2D eigenvalue weighted by Gasteiger charge is -1.94. The van der Waals surface area contributed by atoms with Gasteiger partial charge in [0.15, 0.2) is 0 Å². The Hall–Kier alpha value is -1.33. The van der Waals surface area contributed by atoms with Gasteiger partial charge < -0.3 is 0 Å². The zero-order chi connectivity index (χ0) is 8.97. The molecule has 0 unspecified atom stereocenters. The van der Waals surface area contributed by atoms with E-state index < -0.39 is 5.82 Å². The van der Waals surface area contributed by atoms with Crippen LogP contribution >= 0.6 is 11.6 Å². The standard InChI is InChI=1S/C9H5ClFN/c10-8-4-3-7(2-1-5-12)6-9(8)11/h1-4,6H/b2-1+. The van der Waals surface area contributed by atoms with Crippen LogP contribution in [0.1, 0.15) is 5.56 Å². The van der Waals surface area contributed by atoms with Gasteiger partial charge in [-0.05, 0) is 23.8 Å². The zero-order valence-electron chi connectivity index (χ0n) is 6.09. The smallest absolute Gasteiger partial charge is 0.142 e. The number of allylic oxidation sites excluding steroid dienone is 1. The second-order valence-electron chi connectivity index (χ2n) is 2.14. The van der Waals surface area contributed by atoms with Crippen molar-refractivity contribution < 1.29 is 4.39 Å². The van der Waals surface area contributed by atoms with Gasteiger partial charge in [0.05, 0.1) is 11.1 Å². The molecular formula is C9H5ClFN. The van der Waals surface area contributed by atoms with Crippen LogP contribution in [-0.2, 0) is 0 Å². The summed E-state index contributed by atoms with van der Waals surface area (Å²) in [6, 6.07) is 6.18. The van der Waals surface area contributed by atoms with Crippen LogP contribution in [0.2, 0.25) is 5.02 Å². The predicted molar refractivity (Wildman–Crippen MR) is 46.1 cm³/mol.